The first-order valence-corrected chi connectivity index (χ1v) is 3.94. The fourth-order valence-electron chi connectivity index (χ4n) is 1.45. The number of aliphatic hydroxyl groups is 1. The lowest BCUT2D eigenvalue weighted by molar-refractivity contribution is 0.275. The van der Waals surface area contributed by atoms with Crippen molar-refractivity contribution in [1.29, 1.82) is 0 Å². The molecule has 1 aliphatic heterocycles. The first-order chi connectivity index (χ1) is 6.24. The third-order valence-corrected chi connectivity index (χ3v) is 2.16. The van der Waals surface area contributed by atoms with E-state index in [9.17, 15) is 9.41 Å². The first-order valence-electron chi connectivity index (χ1n) is 3.94. The van der Waals surface area contributed by atoms with Gasteiger partial charge in [-0.3, -0.25) is 0 Å². The van der Waals surface area contributed by atoms with Crippen LogP contribution in [-0.4, -0.2) is 17.2 Å². The quantitative estimate of drug-likeness (QED) is 0.577. The van der Waals surface area contributed by atoms with E-state index >= 15 is 0 Å². The fraction of sp³-hybridized carbons (Fsp3) is 0.250. The van der Waals surface area contributed by atoms with Crippen LogP contribution in [-0.2, 0) is 17.9 Å². The molecule has 0 bridgehead atoms. The molecule has 0 atom stereocenters. The number of hydrogen-bond acceptors (Lipinski definition) is 3. The average Bonchev–Trinajstić information content (AvgIpc) is 2.49. The number of hydrogen-bond donors (Lipinski definition) is 2. The Morgan fingerprint density at radius 2 is 2.31 bits per heavy atom. The Morgan fingerprint density at radius 1 is 1.54 bits per heavy atom. The lowest BCUT2D eigenvalue weighted by atomic mass is 9.78. The van der Waals surface area contributed by atoms with E-state index in [4.69, 9.17) is 9.76 Å². The van der Waals surface area contributed by atoms with Crippen LogP contribution in [0.15, 0.2) is 12.1 Å². The second-order valence-electron chi connectivity index (χ2n) is 2.93. The minimum Gasteiger partial charge on any atom is -0.423 e. The fourth-order valence-corrected chi connectivity index (χ4v) is 1.45. The lowest BCUT2D eigenvalue weighted by Gasteiger charge is -2.04. The molecular formula is C8H8BFO3. The van der Waals surface area contributed by atoms with Crippen LogP contribution in [0.3, 0.4) is 0 Å². The van der Waals surface area contributed by atoms with Crippen LogP contribution < -0.4 is 5.46 Å². The molecule has 13 heavy (non-hydrogen) atoms. The summed E-state index contributed by atoms with van der Waals surface area (Å²) in [5, 5.41) is 18.0. The molecule has 0 amide bonds. The molecule has 0 aliphatic carbocycles. The number of benzene rings is 1. The van der Waals surface area contributed by atoms with E-state index < -0.39 is 12.9 Å². The predicted molar refractivity (Wildman–Crippen MR) is 44.7 cm³/mol. The standard InChI is InChI=1S/C8H8BFO3/c10-8-5(3-11)1-2-6-4-13-9(12)7(6)8/h1-2,11-12H,3-4H2. The molecule has 68 valence electrons. The van der Waals surface area contributed by atoms with Gasteiger partial charge in [0.1, 0.15) is 5.82 Å². The van der Waals surface area contributed by atoms with Crippen LogP contribution in [0.2, 0.25) is 0 Å². The van der Waals surface area contributed by atoms with E-state index in [0.717, 1.165) is 0 Å². The average molecular weight is 182 g/mol. The van der Waals surface area contributed by atoms with Gasteiger partial charge < -0.3 is 14.8 Å². The van der Waals surface area contributed by atoms with Gasteiger partial charge in [0.05, 0.1) is 13.2 Å². The van der Waals surface area contributed by atoms with Crippen LogP contribution in [0, 0.1) is 5.82 Å². The lowest BCUT2D eigenvalue weighted by Crippen LogP contribution is -2.32. The molecule has 0 radical (unpaired) electrons. The molecule has 1 aromatic rings. The van der Waals surface area contributed by atoms with Crippen molar-refractivity contribution in [2.75, 3.05) is 0 Å². The summed E-state index contributed by atoms with van der Waals surface area (Å²) in [4.78, 5) is 0. The summed E-state index contributed by atoms with van der Waals surface area (Å²) >= 11 is 0. The van der Waals surface area contributed by atoms with E-state index in [1.54, 1.807) is 6.07 Å². The van der Waals surface area contributed by atoms with E-state index in [1.807, 2.05) is 0 Å². The normalized spacial score (nSPS) is 14.8. The summed E-state index contributed by atoms with van der Waals surface area (Å²) in [5.74, 6) is -0.565. The summed E-state index contributed by atoms with van der Waals surface area (Å²) in [6.07, 6.45) is 0. The SMILES string of the molecule is OCc1ccc2c(c1F)B(O)OC2. The van der Waals surface area contributed by atoms with Gasteiger partial charge in [-0.1, -0.05) is 12.1 Å². The maximum absolute atomic E-state index is 13.4. The molecule has 0 spiro atoms. The predicted octanol–water partition coefficient (Wildman–Crippen LogP) is -0.464. The highest BCUT2D eigenvalue weighted by Crippen LogP contribution is 2.15. The summed E-state index contributed by atoms with van der Waals surface area (Å²) in [6.45, 7) is -0.148. The van der Waals surface area contributed by atoms with Gasteiger partial charge >= 0.3 is 7.12 Å². The summed E-state index contributed by atoms with van der Waals surface area (Å²) in [5.41, 5.74) is 0.983. The smallest absolute Gasteiger partial charge is 0.423 e. The topological polar surface area (TPSA) is 49.7 Å². The van der Waals surface area contributed by atoms with Gasteiger partial charge in [-0.25, -0.2) is 4.39 Å². The van der Waals surface area contributed by atoms with Crippen molar-refractivity contribution in [3.8, 4) is 0 Å². The van der Waals surface area contributed by atoms with E-state index in [-0.39, 0.29) is 24.2 Å². The molecule has 2 N–H and O–H groups in total. The van der Waals surface area contributed by atoms with Gasteiger partial charge in [-0.2, -0.15) is 0 Å². The highest BCUT2D eigenvalue weighted by atomic mass is 19.1. The van der Waals surface area contributed by atoms with Crippen molar-refractivity contribution in [2.45, 2.75) is 13.2 Å². The van der Waals surface area contributed by atoms with Gasteiger partial charge in [0.15, 0.2) is 0 Å². The minimum atomic E-state index is -1.19. The Hall–Kier alpha value is -0.905. The number of aliphatic hydroxyl groups excluding tert-OH is 1. The van der Waals surface area contributed by atoms with Crippen LogP contribution in [0.1, 0.15) is 11.1 Å². The Balaban J connectivity index is 2.56. The van der Waals surface area contributed by atoms with Crippen molar-refractivity contribution in [1.82, 2.24) is 0 Å². The molecule has 0 aromatic heterocycles. The molecule has 0 saturated carbocycles. The maximum Gasteiger partial charge on any atom is 0.494 e. The number of fused-ring (bicyclic) bond motifs is 1. The highest BCUT2D eigenvalue weighted by Gasteiger charge is 2.31. The molecule has 1 aliphatic rings. The van der Waals surface area contributed by atoms with Gasteiger partial charge in [0.25, 0.3) is 0 Å². The summed E-state index contributed by atoms with van der Waals surface area (Å²) in [7, 11) is -1.19. The minimum absolute atomic E-state index is 0.159. The van der Waals surface area contributed by atoms with E-state index in [2.05, 4.69) is 0 Å². The molecule has 5 heteroatoms. The number of halogens is 1. The van der Waals surface area contributed by atoms with Crippen molar-refractivity contribution < 1.29 is 19.2 Å². The molecule has 0 saturated heterocycles. The van der Waals surface area contributed by atoms with Crippen molar-refractivity contribution in [3.05, 3.63) is 29.1 Å². The highest BCUT2D eigenvalue weighted by molar-refractivity contribution is 6.61. The Labute approximate surface area is 74.9 Å². The molecule has 1 aromatic carbocycles. The first kappa shape index (κ1) is 8.68. The molecule has 1 heterocycles. The third-order valence-electron chi connectivity index (χ3n) is 2.16. The van der Waals surface area contributed by atoms with Crippen molar-refractivity contribution >= 4 is 12.6 Å². The molecular weight excluding hydrogens is 174 g/mol. The van der Waals surface area contributed by atoms with Crippen LogP contribution >= 0.6 is 0 Å². The number of rotatable bonds is 1. The van der Waals surface area contributed by atoms with Crippen LogP contribution in [0.4, 0.5) is 4.39 Å². The largest absolute Gasteiger partial charge is 0.494 e. The Morgan fingerprint density at radius 3 is 3.00 bits per heavy atom. The zero-order valence-electron chi connectivity index (χ0n) is 6.83. The van der Waals surface area contributed by atoms with Crippen molar-refractivity contribution in [3.63, 3.8) is 0 Å². The molecule has 3 nitrogen and oxygen atoms in total. The molecule has 0 fully saturated rings. The van der Waals surface area contributed by atoms with Crippen LogP contribution in [0.25, 0.3) is 0 Å². The third kappa shape index (κ3) is 1.25. The molecule has 0 unspecified atom stereocenters. The molecule has 2 rings (SSSR count). The second kappa shape index (κ2) is 3.10. The zero-order valence-corrected chi connectivity index (χ0v) is 6.83. The van der Waals surface area contributed by atoms with Crippen molar-refractivity contribution in [2.24, 2.45) is 0 Å². The van der Waals surface area contributed by atoms with E-state index in [1.165, 1.54) is 6.07 Å². The van der Waals surface area contributed by atoms with Gasteiger partial charge in [-0.05, 0) is 5.56 Å². The summed E-state index contributed by atoms with van der Waals surface area (Å²) < 4.78 is 18.3. The maximum atomic E-state index is 13.4. The van der Waals surface area contributed by atoms with Gasteiger partial charge in [-0.15, -0.1) is 0 Å². The van der Waals surface area contributed by atoms with Gasteiger partial charge in [0.2, 0.25) is 0 Å². The van der Waals surface area contributed by atoms with Crippen LogP contribution in [0.5, 0.6) is 0 Å². The van der Waals surface area contributed by atoms with Gasteiger partial charge in [0, 0.05) is 11.0 Å². The second-order valence-corrected chi connectivity index (χ2v) is 2.93. The monoisotopic (exact) mass is 182 g/mol. The Bertz CT molecular complexity index is 342. The van der Waals surface area contributed by atoms with E-state index in [0.29, 0.717) is 5.56 Å². The zero-order chi connectivity index (χ0) is 9.42. The summed E-state index contributed by atoms with van der Waals surface area (Å²) in [6, 6.07) is 3.15. The Kier molecular flexibility index (Phi) is 2.07.